The van der Waals surface area contributed by atoms with E-state index in [-0.39, 0.29) is 6.04 Å². The summed E-state index contributed by atoms with van der Waals surface area (Å²) in [5, 5.41) is 0. The molecule has 2 atom stereocenters. The van der Waals surface area contributed by atoms with Crippen molar-refractivity contribution >= 4 is 5.69 Å². The monoisotopic (exact) mass is 248 g/mol. The van der Waals surface area contributed by atoms with E-state index in [0.717, 1.165) is 19.8 Å². The third kappa shape index (κ3) is 3.24. The lowest BCUT2D eigenvalue weighted by molar-refractivity contribution is 0.0576. The Morgan fingerprint density at radius 1 is 1.44 bits per heavy atom. The van der Waals surface area contributed by atoms with Crippen molar-refractivity contribution in [2.45, 2.75) is 25.8 Å². The number of para-hydroxylation sites is 1. The molecule has 0 aliphatic carbocycles. The van der Waals surface area contributed by atoms with Gasteiger partial charge in [0.2, 0.25) is 0 Å². The molecule has 0 radical (unpaired) electrons. The van der Waals surface area contributed by atoms with Crippen molar-refractivity contribution in [2.75, 3.05) is 31.7 Å². The molecule has 3 heteroatoms. The Morgan fingerprint density at radius 2 is 2.22 bits per heavy atom. The molecule has 0 bridgehead atoms. The first-order valence-electron chi connectivity index (χ1n) is 6.82. The van der Waals surface area contributed by atoms with Crippen molar-refractivity contribution in [3.63, 3.8) is 0 Å². The molecule has 1 aromatic rings. The standard InChI is InChI=1S/C15H24N2O/c1-12(16)14-7-3-4-8-15(14)17(2)10-13-6-5-9-18-11-13/h3-4,7-8,12-13H,5-6,9-11,16H2,1-2H3. The van der Waals surface area contributed by atoms with Crippen molar-refractivity contribution in [3.05, 3.63) is 29.8 Å². The van der Waals surface area contributed by atoms with Gasteiger partial charge in [-0.2, -0.15) is 0 Å². The largest absolute Gasteiger partial charge is 0.381 e. The highest BCUT2D eigenvalue weighted by molar-refractivity contribution is 5.54. The Labute approximate surface area is 110 Å². The fourth-order valence-corrected chi connectivity index (χ4v) is 2.66. The maximum absolute atomic E-state index is 6.03. The topological polar surface area (TPSA) is 38.5 Å². The summed E-state index contributed by atoms with van der Waals surface area (Å²) < 4.78 is 5.55. The molecule has 2 N–H and O–H groups in total. The molecular formula is C15H24N2O. The van der Waals surface area contributed by atoms with Crippen LogP contribution in [0.25, 0.3) is 0 Å². The van der Waals surface area contributed by atoms with Gasteiger partial charge in [-0.05, 0) is 37.3 Å². The maximum atomic E-state index is 6.03. The number of anilines is 1. The van der Waals surface area contributed by atoms with Crippen molar-refractivity contribution in [1.29, 1.82) is 0 Å². The first kappa shape index (κ1) is 13.4. The van der Waals surface area contributed by atoms with Gasteiger partial charge < -0.3 is 15.4 Å². The number of nitrogens with zero attached hydrogens (tertiary/aromatic N) is 1. The molecular weight excluding hydrogens is 224 g/mol. The van der Waals surface area contributed by atoms with Crippen LogP contribution >= 0.6 is 0 Å². The molecule has 0 spiro atoms. The predicted molar refractivity (Wildman–Crippen MR) is 75.9 cm³/mol. The van der Waals surface area contributed by atoms with Crippen LogP contribution in [-0.4, -0.2) is 26.8 Å². The Bertz CT molecular complexity index is 373. The van der Waals surface area contributed by atoms with E-state index < -0.39 is 0 Å². The molecule has 1 fully saturated rings. The highest BCUT2D eigenvalue weighted by atomic mass is 16.5. The summed E-state index contributed by atoms with van der Waals surface area (Å²) in [6.07, 6.45) is 2.46. The Kier molecular flexibility index (Phi) is 4.61. The fraction of sp³-hybridized carbons (Fsp3) is 0.600. The summed E-state index contributed by atoms with van der Waals surface area (Å²) in [7, 11) is 2.15. The van der Waals surface area contributed by atoms with Gasteiger partial charge in [-0.1, -0.05) is 18.2 Å². The zero-order valence-corrected chi connectivity index (χ0v) is 11.4. The van der Waals surface area contributed by atoms with Crippen molar-refractivity contribution < 1.29 is 4.74 Å². The first-order valence-corrected chi connectivity index (χ1v) is 6.82. The van der Waals surface area contributed by atoms with E-state index in [1.54, 1.807) is 0 Å². The minimum absolute atomic E-state index is 0.0752. The minimum atomic E-state index is 0.0752. The molecule has 0 saturated carbocycles. The molecule has 2 rings (SSSR count). The molecule has 100 valence electrons. The van der Waals surface area contributed by atoms with E-state index in [1.165, 1.54) is 24.1 Å². The normalized spacial score (nSPS) is 21.6. The number of hydrogen-bond acceptors (Lipinski definition) is 3. The van der Waals surface area contributed by atoms with Crippen LogP contribution in [0.2, 0.25) is 0 Å². The summed E-state index contributed by atoms with van der Waals surface area (Å²) in [5.74, 6) is 0.643. The quantitative estimate of drug-likeness (QED) is 0.890. The fourth-order valence-electron chi connectivity index (χ4n) is 2.66. The smallest absolute Gasteiger partial charge is 0.0511 e. The van der Waals surface area contributed by atoms with Crippen molar-refractivity contribution in [1.82, 2.24) is 0 Å². The van der Waals surface area contributed by atoms with Gasteiger partial charge in [0.05, 0.1) is 6.61 Å². The van der Waals surface area contributed by atoms with E-state index in [0.29, 0.717) is 5.92 Å². The molecule has 2 unspecified atom stereocenters. The minimum Gasteiger partial charge on any atom is -0.381 e. The summed E-state index contributed by atoms with van der Waals surface area (Å²) in [6, 6.07) is 8.48. The van der Waals surface area contributed by atoms with Crippen LogP contribution in [0.4, 0.5) is 5.69 Å². The third-order valence-corrected chi connectivity index (χ3v) is 3.63. The molecule has 1 heterocycles. The van der Waals surface area contributed by atoms with Gasteiger partial charge in [0.1, 0.15) is 0 Å². The zero-order chi connectivity index (χ0) is 13.0. The maximum Gasteiger partial charge on any atom is 0.0511 e. The van der Waals surface area contributed by atoms with Crippen molar-refractivity contribution in [3.8, 4) is 0 Å². The van der Waals surface area contributed by atoms with Crippen molar-refractivity contribution in [2.24, 2.45) is 11.7 Å². The van der Waals surface area contributed by atoms with Crippen LogP contribution in [0, 0.1) is 5.92 Å². The van der Waals surface area contributed by atoms with Gasteiger partial charge in [0.25, 0.3) is 0 Å². The van der Waals surface area contributed by atoms with E-state index >= 15 is 0 Å². The van der Waals surface area contributed by atoms with E-state index in [9.17, 15) is 0 Å². The number of benzene rings is 1. The molecule has 1 saturated heterocycles. The lowest BCUT2D eigenvalue weighted by Crippen LogP contribution is -2.31. The van der Waals surface area contributed by atoms with Crippen LogP contribution in [-0.2, 0) is 4.74 Å². The van der Waals surface area contributed by atoms with Crippen LogP contribution in [0.5, 0.6) is 0 Å². The lowest BCUT2D eigenvalue weighted by Gasteiger charge is -2.30. The van der Waals surface area contributed by atoms with E-state index in [4.69, 9.17) is 10.5 Å². The molecule has 18 heavy (non-hydrogen) atoms. The molecule has 1 aromatic carbocycles. The highest BCUT2D eigenvalue weighted by Gasteiger charge is 2.18. The molecule has 3 nitrogen and oxygen atoms in total. The van der Waals surface area contributed by atoms with Crippen LogP contribution < -0.4 is 10.6 Å². The van der Waals surface area contributed by atoms with Gasteiger partial charge >= 0.3 is 0 Å². The summed E-state index contributed by atoms with van der Waals surface area (Å²) in [6.45, 7) is 4.90. The third-order valence-electron chi connectivity index (χ3n) is 3.63. The number of rotatable bonds is 4. The number of hydrogen-bond donors (Lipinski definition) is 1. The molecule has 1 aliphatic heterocycles. The average Bonchev–Trinajstić information content (AvgIpc) is 2.40. The highest BCUT2D eigenvalue weighted by Crippen LogP contribution is 2.26. The van der Waals surface area contributed by atoms with Gasteiger partial charge in [0, 0.05) is 31.9 Å². The molecule has 0 aromatic heterocycles. The summed E-state index contributed by atoms with van der Waals surface area (Å²) >= 11 is 0. The lowest BCUT2D eigenvalue weighted by atomic mass is 10.0. The zero-order valence-electron chi connectivity index (χ0n) is 11.4. The average molecular weight is 248 g/mol. The second-order valence-electron chi connectivity index (χ2n) is 5.31. The Hall–Kier alpha value is -1.06. The number of nitrogens with two attached hydrogens (primary N) is 1. The Morgan fingerprint density at radius 3 is 2.89 bits per heavy atom. The van der Waals surface area contributed by atoms with Gasteiger partial charge in [-0.15, -0.1) is 0 Å². The first-order chi connectivity index (χ1) is 8.68. The van der Waals surface area contributed by atoms with Crippen LogP contribution in [0.3, 0.4) is 0 Å². The second kappa shape index (κ2) is 6.21. The van der Waals surface area contributed by atoms with E-state index in [1.807, 2.05) is 6.92 Å². The molecule has 0 amide bonds. The van der Waals surface area contributed by atoms with Crippen LogP contribution in [0.1, 0.15) is 31.4 Å². The Balaban J connectivity index is 2.05. The second-order valence-corrected chi connectivity index (χ2v) is 5.31. The predicted octanol–water partition coefficient (Wildman–Crippen LogP) is 2.57. The molecule has 1 aliphatic rings. The number of ether oxygens (including phenoxy) is 1. The summed E-state index contributed by atoms with van der Waals surface area (Å²) in [4.78, 5) is 2.32. The van der Waals surface area contributed by atoms with Gasteiger partial charge in [-0.25, -0.2) is 0 Å². The van der Waals surface area contributed by atoms with Crippen LogP contribution in [0.15, 0.2) is 24.3 Å². The summed E-state index contributed by atoms with van der Waals surface area (Å²) in [5.41, 5.74) is 8.50. The van der Waals surface area contributed by atoms with Gasteiger partial charge in [-0.3, -0.25) is 0 Å². The van der Waals surface area contributed by atoms with Gasteiger partial charge in [0.15, 0.2) is 0 Å². The SMILES string of the molecule is CC(N)c1ccccc1N(C)CC1CCCOC1. The van der Waals surface area contributed by atoms with E-state index in [2.05, 4.69) is 36.2 Å².